The van der Waals surface area contributed by atoms with Crippen LogP contribution in [0.25, 0.3) is 11.0 Å². The second kappa shape index (κ2) is 5.89. The van der Waals surface area contributed by atoms with Gasteiger partial charge in [0.05, 0.1) is 12.7 Å². The van der Waals surface area contributed by atoms with Crippen molar-refractivity contribution < 1.29 is 9.21 Å². The third-order valence-corrected chi connectivity index (χ3v) is 7.03. The van der Waals surface area contributed by atoms with Gasteiger partial charge in [-0.2, -0.15) is 0 Å². The maximum atomic E-state index is 12.7. The first-order valence-corrected chi connectivity index (χ1v) is 9.98. The van der Waals surface area contributed by atoms with Crippen LogP contribution in [-0.4, -0.2) is 11.9 Å². The van der Waals surface area contributed by atoms with Crippen molar-refractivity contribution in [3.05, 3.63) is 35.6 Å². The number of rotatable bonds is 4. The molecule has 25 heavy (non-hydrogen) atoms. The molecule has 132 valence electrons. The summed E-state index contributed by atoms with van der Waals surface area (Å²) in [5.74, 6) is 3.52. The highest BCUT2D eigenvalue weighted by Gasteiger charge is 2.48. The fourth-order valence-electron chi connectivity index (χ4n) is 6.06. The van der Waals surface area contributed by atoms with Crippen LogP contribution in [0.1, 0.15) is 50.2 Å². The standard InChI is InChI=1S/C22H27NO2/c1-2-13-3-4-19-18(12-25-20(19)10-13)11-21(24)23-22-16-6-14-5-15(8-16)9-17(22)7-14/h3-4,10,12,14-17,22H,2,5-9,11H2,1H3,(H,23,24). The maximum absolute atomic E-state index is 12.7. The first-order valence-electron chi connectivity index (χ1n) is 9.98. The fraction of sp³-hybridized carbons (Fsp3) is 0.591. The molecule has 4 fully saturated rings. The van der Waals surface area contributed by atoms with Gasteiger partial charge in [-0.25, -0.2) is 0 Å². The average Bonchev–Trinajstić information content (AvgIpc) is 2.99. The first kappa shape index (κ1) is 15.5. The lowest BCUT2D eigenvalue weighted by Gasteiger charge is -2.54. The molecule has 1 aromatic heterocycles. The van der Waals surface area contributed by atoms with Crippen LogP contribution in [0.4, 0.5) is 0 Å². The molecule has 0 aliphatic heterocycles. The fourth-order valence-corrected chi connectivity index (χ4v) is 6.06. The molecule has 4 saturated carbocycles. The van der Waals surface area contributed by atoms with Crippen molar-refractivity contribution in [1.29, 1.82) is 0 Å². The maximum Gasteiger partial charge on any atom is 0.224 e. The Balaban J connectivity index is 1.29. The van der Waals surface area contributed by atoms with E-state index in [0.717, 1.165) is 46.6 Å². The number of carbonyl (C=O) groups is 1. The third kappa shape index (κ3) is 2.68. The Morgan fingerprint density at radius 3 is 2.52 bits per heavy atom. The molecule has 4 aliphatic rings. The Morgan fingerprint density at radius 2 is 1.84 bits per heavy atom. The van der Waals surface area contributed by atoms with Gasteiger partial charge in [0.15, 0.2) is 0 Å². The molecular weight excluding hydrogens is 310 g/mol. The van der Waals surface area contributed by atoms with E-state index >= 15 is 0 Å². The van der Waals surface area contributed by atoms with E-state index in [1.54, 1.807) is 6.26 Å². The average molecular weight is 337 g/mol. The summed E-state index contributed by atoms with van der Waals surface area (Å²) in [6, 6.07) is 6.75. The smallest absolute Gasteiger partial charge is 0.224 e. The second-order valence-electron chi connectivity index (χ2n) is 8.65. The largest absolute Gasteiger partial charge is 0.464 e. The van der Waals surface area contributed by atoms with Gasteiger partial charge in [-0.3, -0.25) is 4.79 Å². The predicted octanol–water partition coefficient (Wildman–Crippen LogP) is 4.48. The highest BCUT2D eigenvalue weighted by molar-refractivity contribution is 5.88. The Kier molecular flexibility index (Phi) is 3.65. The van der Waals surface area contributed by atoms with Crippen LogP contribution >= 0.6 is 0 Å². The highest BCUT2D eigenvalue weighted by Crippen LogP contribution is 2.53. The number of aryl methyl sites for hydroxylation is 1. The van der Waals surface area contributed by atoms with E-state index in [9.17, 15) is 4.79 Å². The summed E-state index contributed by atoms with van der Waals surface area (Å²) in [6.45, 7) is 2.14. The number of hydrogen-bond donors (Lipinski definition) is 1. The molecule has 3 heteroatoms. The van der Waals surface area contributed by atoms with Crippen LogP contribution in [-0.2, 0) is 17.6 Å². The van der Waals surface area contributed by atoms with Gasteiger partial charge in [0.2, 0.25) is 5.91 Å². The minimum Gasteiger partial charge on any atom is -0.464 e. The number of hydrogen-bond acceptors (Lipinski definition) is 2. The minimum absolute atomic E-state index is 0.166. The molecule has 0 radical (unpaired) electrons. The lowest BCUT2D eigenvalue weighted by molar-refractivity contribution is -0.124. The van der Waals surface area contributed by atoms with Crippen LogP contribution in [0.5, 0.6) is 0 Å². The normalized spacial score (nSPS) is 33.1. The van der Waals surface area contributed by atoms with Gasteiger partial charge in [0, 0.05) is 17.0 Å². The van der Waals surface area contributed by atoms with E-state index in [4.69, 9.17) is 4.42 Å². The van der Waals surface area contributed by atoms with Gasteiger partial charge < -0.3 is 9.73 Å². The van der Waals surface area contributed by atoms with Gasteiger partial charge in [0.25, 0.3) is 0 Å². The number of amides is 1. The molecule has 4 aliphatic carbocycles. The summed E-state index contributed by atoms with van der Waals surface area (Å²) >= 11 is 0. The number of nitrogens with one attached hydrogen (secondary N) is 1. The molecule has 2 aromatic rings. The highest BCUT2D eigenvalue weighted by atomic mass is 16.3. The second-order valence-corrected chi connectivity index (χ2v) is 8.65. The molecule has 1 aromatic carbocycles. The summed E-state index contributed by atoms with van der Waals surface area (Å²) in [5, 5.41) is 4.49. The lowest BCUT2D eigenvalue weighted by Crippen LogP contribution is -2.56. The molecule has 0 saturated heterocycles. The van der Waals surface area contributed by atoms with Crippen molar-refractivity contribution in [3.8, 4) is 0 Å². The van der Waals surface area contributed by atoms with E-state index in [-0.39, 0.29) is 5.91 Å². The van der Waals surface area contributed by atoms with Crippen LogP contribution in [0.15, 0.2) is 28.9 Å². The van der Waals surface area contributed by atoms with Crippen LogP contribution in [0.3, 0.4) is 0 Å². The number of fused-ring (bicyclic) bond motifs is 1. The number of benzene rings is 1. The molecule has 1 heterocycles. The van der Waals surface area contributed by atoms with E-state index in [1.807, 2.05) is 0 Å². The number of furan rings is 1. The van der Waals surface area contributed by atoms with Gasteiger partial charge in [0.1, 0.15) is 5.58 Å². The summed E-state index contributed by atoms with van der Waals surface area (Å²) in [5.41, 5.74) is 3.18. The zero-order valence-corrected chi connectivity index (χ0v) is 15.0. The van der Waals surface area contributed by atoms with Crippen LogP contribution in [0.2, 0.25) is 0 Å². The Bertz CT molecular complexity index is 777. The first-order chi connectivity index (χ1) is 12.2. The van der Waals surface area contributed by atoms with E-state index in [0.29, 0.717) is 12.5 Å². The zero-order chi connectivity index (χ0) is 17.0. The van der Waals surface area contributed by atoms with Crippen molar-refractivity contribution in [2.75, 3.05) is 0 Å². The summed E-state index contributed by atoms with van der Waals surface area (Å²) in [6.07, 6.45) is 10.0. The Hall–Kier alpha value is -1.77. The molecule has 0 unspecified atom stereocenters. The summed E-state index contributed by atoms with van der Waals surface area (Å²) in [4.78, 5) is 12.7. The van der Waals surface area contributed by atoms with Crippen molar-refractivity contribution in [2.45, 2.75) is 57.9 Å². The van der Waals surface area contributed by atoms with E-state index in [1.165, 1.54) is 37.7 Å². The summed E-state index contributed by atoms with van der Waals surface area (Å²) in [7, 11) is 0. The predicted molar refractivity (Wildman–Crippen MR) is 98.3 cm³/mol. The molecule has 4 bridgehead atoms. The summed E-state index contributed by atoms with van der Waals surface area (Å²) < 4.78 is 5.70. The van der Waals surface area contributed by atoms with Gasteiger partial charge in [-0.05, 0) is 73.8 Å². The third-order valence-electron chi connectivity index (χ3n) is 7.03. The Labute approximate surface area is 149 Å². The van der Waals surface area contributed by atoms with E-state index < -0.39 is 0 Å². The number of carbonyl (C=O) groups excluding carboxylic acids is 1. The van der Waals surface area contributed by atoms with Crippen molar-refractivity contribution in [3.63, 3.8) is 0 Å². The van der Waals surface area contributed by atoms with Crippen LogP contribution in [0, 0.1) is 23.7 Å². The quantitative estimate of drug-likeness (QED) is 0.894. The monoisotopic (exact) mass is 337 g/mol. The van der Waals surface area contributed by atoms with Gasteiger partial charge in [-0.1, -0.05) is 19.1 Å². The molecule has 3 nitrogen and oxygen atoms in total. The molecular formula is C22H27NO2. The van der Waals surface area contributed by atoms with Gasteiger partial charge in [-0.15, -0.1) is 0 Å². The SMILES string of the molecule is CCc1ccc2c(CC(=O)NC3C4CC5CC(C4)CC3C5)coc2c1. The molecule has 1 N–H and O–H groups in total. The molecule has 1 amide bonds. The van der Waals surface area contributed by atoms with Gasteiger partial charge >= 0.3 is 0 Å². The minimum atomic E-state index is 0.166. The zero-order valence-electron chi connectivity index (χ0n) is 15.0. The Morgan fingerprint density at radius 1 is 1.12 bits per heavy atom. The molecule has 0 spiro atoms. The van der Waals surface area contributed by atoms with Crippen LogP contribution < -0.4 is 5.32 Å². The van der Waals surface area contributed by atoms with Crippen molar-refractivity contribution in [2.24, 2.45) is 23.7 Å². The molecule has 0 atom stereocenters. The van der Waals surface area contributed by atoms with Crippen molar-refractivity contribution >= 4 is 16.9 Å². The molecule has 6 rings (SSSR count). The topological polar surface area (TPSA) is 42.2 Å². The van der Waals surface area contributed by atoms with Crippen molar-refractivity contribution in [1.82, 2.24) is 5.32 Å². The lowest BCUT2D eigenvalue weighted by atomic mass is 9.54. The van der Waals surface area contributed by atoms with E-state index in [2.05, 4.69) is 30.4 Å².